The molecule has 2 aromatic carbocycles. The van der Waals surface area contributed by atoms with E-state index < -0.39 is 23.5 Å². The van der Waals surface area contributed by atoms with Crippen molar-refractivity contribution in [3.8, 4) is 11.5 Å². The third-order valence-corrected chi connectivity index (χ3v) is 5.47. The Labute approximate surface area is 184 Å². The van der Waals surface area contributed by atoms with Gasteiger partial charge in [0.15, 0.2) is 22.9 Å². The molecule has 1 aliphatic heterocycles. The van der Waals surface area contributed by atoms with E-state index in [4.69, 9.17) is 18.6 Å². The number of Topliss-reactive ketones (excluding diaryl/α,β-unsaturated/α-hetero) is 1. The number of furan rings is 1. The molecule has 1 atom stereocenters. The van der Waals surface area contributed by atoms with Gasteiger partial charge in [-0.1, -0.05) is 30.3 Å². The zero-order valence-electron chi connectivity index (χ0n) is 18.0. The van der Waals surface area contributed by atoms with Crippen LogP contribution in [0.2, 0.25) is 0 Å². The second-order valence-electron chi connectivity index (χ2n) is 7.22. The molecule has 0 spiro atoms. The number of nitrogens with zero attached hydrogens (tertiary/aromatic N) is 1. The van der Waals surface area contributed by atoms with E-state index in [9.17, 15) is 14.7 Å². The first-order valence-corrected chi connectivity index (χ1v) is 9.99. The monoisotopic (exact) mass is 437 g/mol. The van der Waals surface area contributed by atoms with Crippen LogP contribution in [0.1, 0.15) is 22.2 Å². The van der Waals surface area contributed by atoms with Gasteiger partial charge in [-0.25, -0.2) is 0 Å². The number of methoxy groups -OCH3 is 3. The molecule has 1 aromatic heterocycles. The van der Waals surface area contributed by atoms with Gasteiger partial charge < -0.3 is 28.6 Å². The molecule has 1 aliphatic rings. The highest BCUT2D eigenvalue weighted by Crippen LogP contribution is 2.42. The van der Waals surface area contributed by atoms with Crippen LogP contribution >= 0.6 is 0 Å². The highest BCUT2D eigenvalue weighted by atomic mass is 16.5. The topological polar surface area (TPSA) is 98.4 Å². The van der Waals surface area contributed by atoms with Crippen LogP contribution in [0.3, 0.4) is 0 Å². The summed E-state index contributed by atoms with van der Waals surface area (Å²) in [6, 6.07) is 13.1. The molecule has 0 saturated carbocycles. The van der Waals surface area contributed by atoms with Gasteiger partial charge in [0.05, 0.1) is 32.4 Å². The van der Waals surface area contributed by atoms with Crippen molar-refractivity contribution in [2.45, 2.75) is 6.04 Å². The van der Waals surface area contributed by atoms with Crippen LogP contribution < -0.4 is 9.47 Å². The lowest BCUT2D eigenvalue weighted by molar-refractivity contribution is -0.130. The molecular weight excluding hydrogens is 414 g/mol. The fraction of sp³-hybridized carbons (Fsp3) is 0.250. The molecule has 1 amide bonds. The number of ether oxygens (including phenoxy) is 3. The van der Waals surface area contributed by atoms with E-state index in [2.05, 4.69) is 0 Å². The number of carbonyl (C=O) groups is 2. The summed E-state index contributed by atoms with van der Waals surface area (Å²) in [4.78, 5) is 27.9. The Morgan fingerprint density at radius 3 is 2.50 bits per heavy atom. The van der Waals surface area contributed by atoms with Crippen LogP contribution in [0.4, 0.5) is 0 Å². The predicted octanol–water partition coefficient (Wildman–Crippen LogP) is 3.67. The van der Waals surface area contributed by atoms with Crippen LogP contribution in [-0.2, 0) is 9.53 Å². The van der Waals surface area contributed by atoms with Crippen molar-refractivity contribution in [3.63, 3.8) is 0 Å². The lowest BCUT2D eigenvalue weighted by Gasteiger charge is -2.27. The summed E-state index contributed by atoms with van der Waals surface area (Å²) in [6.07, 6.45) is 0. The number of hydrogen-bond donors (Lipinski definition) is 1. The van der Waals surface area contributed by atoms with Crippen LogP contribution in [0.25, 0.3) is 11.0 Å². The summed E-state index contributed by atoms with van der Waals surface area (Å²) in [7, 11) is 4.53. The van der Waals surface area contributed by atoms with E-state index in [1.54, 1.807) is 48.5 Å². The third-order valence-electron chi connectivity index (χ3n) is 5.47. The summed E-state index contributed by atoms with van der Waals surface area (Å²) in [5.41, 5.74) is 0.905. The largest absolute Gasteiger partial charge is 0.503 e. The third kappa shape index (κ3) is 3.48. The Morgan fingerprint density at radius 1 is 1.06 bits per heavy atom. The maximum atomic E-state index is 13.6. The first kappa shape index (κ1) is 21.5. The van der Waals surface area contributed by atoms with E-state index in [1.165, 1.54) is 26.2 Å². The Balaban J connectivity index is 1.84. The number of hydrogen-bond acceptors (Lipinski definition) is 7. The molecule has 3 aromatic rings. The molecule has 0 bridgehead atoms. The number of benzene rings is 2. The minimum Gasteiger partial charge on any atom is -0.503 e. The minimum atomic E-state index is -0.864. The van der Waals surface area contributed by atoms with Gasteiger partial charge in [0.1, 0.15) is 5.75 Å². The van der Waals surface area contributed by atoms with E-state index >= 15 is 0 Å². The van der Waals surface area contributed by atoms with Gasteiger partial charge in [-0.3, -0.25) is 9.59 Å². The fourth-order valence-electron chi connectivity index (χ4n) is 3.96. The van der Waals surface area contributed by atoms with Crippen molar-refractivity contribution in [2.24, 2.45) is 0 Å². The average Bonchev–Trinajstić information content (AvgIpc) is 3.36. The molecule has 1 N–H and O–H groups in total. The number of para-hydroxylation sites is 2. The molecule has 0 fully saturated rings. The van der Waals surface area contributed by atoms with Crippen molar-refractivity contribution in [1.29, 1.82) is 0 Å². The number of amides is 1. The Kier molecular flexibility index (Phi) is 5.87. The van der Waals surface area contributed by atoms with Gasteiger partial charge in [0, 0.05) is 24.6 Å². The molecule has 4 rings (SSSR count). The van der Waals surface area contributed by atoms with Gasteiger partial charge >= 0.3 is 0 Å². The van der Waals surface area contributed by atoms with Crippen molar-refractivity contribution < 1.29 is 33.3 Å². The zero-order valence-corrected chi connectivity index (χ0v) is 18.0. The second-order valence-corrected chi connectivity index (χ2v) is 7.22. The number of fused-ring (bicyclic) bond motifs is 1. The molecule has 1 unspecified atom stereocenters. The van der Waals surface area contributed by atoms with Crippen molar-refractivity contribution in [1.82, 2.24) is 4.90 Å². The summed E-state index contributed by atoms with van der Waals surface area (Å²) in [6.45, 7) is 0.404. The van der Waals surface area contributed by atoms with E-state index in [-0.39, 0.29) is 24.5 Å². The van der Waals surface area contributed by atoms with E-state index in [1.807, 2.05) is 0 Å². The zero-order chi connectivity index (χ0) is 22.8. The molecule has 0 saturated heterocycles. The Morgan fingerprint density at radius 2 is 1.78 bits per heavy atom. The van der Waals surface area contributed by atoms with Gasteiger partial charge in [-0.05, 0) is 18.2 Å². The maximum Gasteiger partial charge on any atom is 0.290 e. The van der Waals surface area contributed by atoms with Crippen LogP contribution in [0.15, 0.2) is 64.3 Å². The van der Waals surface area contributed by atoms with Crippen molar-refractivity contribution >= 4 is 22.7 Å². The van der Waals surface area contributed by atoms with Crippen molar-refractivity contribution in [3.05, 3.63) is 71.2 Å². The number of carbonyl (C=O) groups excluding carboxylic acids is 2. The molecule has 0 aliphatic carbocycles. The fourth-order valence-corrected chi connectivity index (χ4v) is 3.96. The Bertz CT molecular complexity index is 1210. The average molecular weight is 437 g/mol. The summed E-state index contributed by atoms with van der Waals surface area (Å²) in [5, 5.41) is 11.4. The SMILES string of the molecule is COCCN1C(=O)C(O)=C(C(=O)c2cc3cccc(OC)c3o2)C1c1ccccc1OC. The summed E-state index contributed by atoms with van der Waals surface area (Å²) < 4.78 is 21.7. The molecule has 166 valence electrons. The van der Waals surface area contributed by atoms with Gasteiger partial charge in [-0.15, -0.1) is 0 Å². The molecule has 32 heavy (non-hydrogen) atoms. The first-order chi connectivity index (χ1) is 15.5. The highest BCUT2D eigenvalue weighted by Gasteiger charge is 2.45. The maximum absolute atomic E-state index is 13.6. The lowest BCUT2D eigenvalue weighted by Crippen LogP contribution is -2.34. The first-order valence-electron chi connectivity index (χ1n) is 9.99. The number of aliphatic hydroxyl groups is 1. The van der Waals surface area contributed by atoms with Crippen molar-refractivity contribution in [2.75, 3.05) is 34.5 Å². The number of ketones is 1. The van der Waals surface area contributed by atoms with E-state index in [0.29, 0.717) is 28.0 Å². The molecule has 8 nitrogen and oxygen atoms in total. The number of aliphatic hydroxyl groups excluding tert-OH is 1. The van der Waals surface area contributed by atoms with Gasteiger partial charge in [0.2, 0.25) is 5.78 Å². The lowest BCUT2D eigenvalue weighted by atomic mass is 9.94. The standard InChI is InChI=1S/C24H23NO7/c1-29-12-11-25-20(15-8-4-5-9-16(15)30-2)19(22(27)24(25)28)21(26)18-13-14-7-6-10-17(31-3)23(14)32-18/h4-10,13,20,27H,11-12H2,1-3H3. The predicted molar refractivity (Wildman–Crippen MR) is 116 cm³/mol. The molecular formula is C24H23NO7. The quantitative estimate of drug-likeness (QED) is 0.537. The van der Waals surface area contributed by atoms with E-state index in [0.717, 1.165) is 0 Å². The normalized spacial score (nSPS) is 16.2. The van der Waals surface area contributed by atoms with Crippen LogP contribution in [-0.4, -0.2) is 56.2 Å². The summed E-state index contributed by atoms with van der Waals surface area (Å²) >= 11 is 0. The Hall–Kier alpha value is -3.78. The van der Waals surface area contributed by atoms with Gasteiger partial charge in [0.25, 0.3) is 5.91 Å². The van der Waals surface area contributed by atoms with Crippen LogP contribution in [0.5, 0.6) is 11.5 Å². The summed E-state index contributed by atoms with van der Waals surface area (Å²) in [5.74, 6) is -0.911. The number of rotatable bonds is 8. The van der Waals surface area contributed by atoms with Crippen LogP contribution in [0, 0.1) is 0 Å². The van der Waals surface area contributed by atoms with Gasteiger partial charge in [-0.2, -0.15) is 0 Å². The second kappa shape index (κ2) is 8.76. The smallest absolute Gasteiger partial charge is 0.290 e. The highest BCUT2D eigenvalue weighted by molar-refractivity contribution is 6.16. The minimum absolute atomic E-state index is 0.00709. The molecule has 2 heterocycles. The molecule has 8 heteroatoms. The molecule has 0 radical (unpaired) electrons.